The Morgan fingerprint density at radius 3 is 2.55 bits per heavy atom. The summed E-state index contributed by atoms with van der Waals surface area (Å²) in [6.45, 7) is 6.14. The van der Waals surface area contributed by atoms with E-state index in [0.717, 1.165) is 50.0 Å². The number of amides is 1. The van der Waals surface area contributed by atoms with Gasteiger partial charge in [0.1, 0.15) is 0 Å². The van der Waals surface area contributed by atoms with Gasteiger partial charge in [0, 0.05) is 12.7 Å². The van der Waals surface area contributed by atoms with Gasteiger partial charge in [0.15, 0.2) is 0 Å². The maximum Gasteiger partial charge on any atom is 0.233 e. The first-order chi connectivity index (χ1) is 9.60. The molecule has 1 fully saturated rings. The number of anilines is 1. The van der Waals surface area contributed by atoms with Crippen LogP contribution >= 0.6 is 0 Å². The van der Waals surface area contributed by atoms with E-state index in [0.29, 0.717) is 0 Å². The Labute approximate surface area is 122 Å². The number of rotatable bonds is 4. The highest BCUT2D eigenvalue weighted by Crippen LogP contribution is 2.37. The van der Waals surface area contributed by atoms with E-state index >= 15 is 0 Å². The van der Waals surface area contributed by atoms with Crippen LogP contribution in [0.15, 0.2) is 24.3 Å². The van der Waals surface area contributed by atoms with Crippen molar-refractivity contribution in [3.63, 3.8) is 0 Å². The summed E-state index contributed by atoms with van der Waals surface area (Å²) in [5, 5.41) is 3.37. The fraction of sp³-hybridized carbons (Fsp3) is 0.588. The van der Waals surface area contributed by atoms with E-state index in [2.05, 4.69) is 25.2 Å². The highest BCUT2D eigenvalue weighted by Gasteiger charge is 2.40. The predicted molar refractivity (Wildman–Crippen MR) is 84.0 cm³/mol. The lowest BCUT2D eigenvalue weighted by Gasteiger charge is -2.39. The predicted octanol–water partition coefficient (Wildman–Crippen LogP) is 3.13. The number of hydrogen-bond donors (Lipinski definition) is 1. The second-order valence-electron chi connectivity index (χ2n) is 5.93. The molecule has 0 aromatic heterocycles. The first-order valence-corrected chi connectivity index (χ1v) is 7.65. The second-order valence-corrected chi connectivity index (χ2v) is 5.93. The topological polar surface area (TPSA) is 32.3 Å². The van der Waals surface area contributed by atoms with Crippen LogP contribution in [-0.2, 0) is 4.79 Å². The van der Waals surface area contributed by atoms with Crippen molar-refractivity contribution in [3.8, 4) is 0 Å². The van der Waals surface area contributed by atoms with E-state index < -0.39 is 0 Å². The van der Waals surface area contributed by atoms with Crippen LogP contribution in [0.25, 0.3) is 0 Å². The molecular weight excluding hydrogens is 248 g/mol. The van der Waals surface area contributed by atoms with Crippen molar-refractivity contribution >= 4 is 11.6 Å². The van der Waals surface area contributed by atoms with E-state index in [4.69, 9.17) is 0 Å². The van der Waals surface area contributed by atoms with Gasteiger partial charge < -0.3 is 10.2 Å². The van der Waals surface area contributed by atoms with Crippen LogP contribution in [0, 0.1) is 12.3 Å². The third-order valence-electron chi connectivity index (χ3n) is 4.52. The number of nitrogens with zero attached hydrogens (tertiary/aromatic N) is 1. The average molecular weight is 274 g/mol. The summed E-state index contributed by atoms with van der Waals surface area (Å²) in [5.41, 5.74) is 2.02. The molecule has 1 heterocycles. The summed E-state index contributed by atoms with van der Waals surface area (Å²) in [5.74, 6) is 0.287. The smallest absolute Gasteiger partial charge is 0.233 e. The van der Waals surface area contributed by atoms with Gasteiger partial charge in [0.25, 0.3) is 0 Å². The van der Waals surface area contributed by atoms with E-state index in [1.54, 1.807) is 0 Å². The maximum absolute atomic E-state index is 13.1. The molecule has 1 amide bonds. The summed E-state index contributed by atoms with van der Waals surface area (Å²) in [7, 11) is 1.92. The molecule has 2 rings (SSSR count). The minimum atomic E-state index is -0.170. The summed E-state index contributed by atoms with van der Waals surface area (Å²) >= 11 is 0. The third kappa shape index (κ3) is 2.88. The van der Waals surface area contributed by atoms with Crippen molar-refractivity contribution in [2.24, 2.45) is 5.41 Å². The largest absolute Gasteiger partial charge is 0.317 e. The Kier molecular flexibility index (Phi) is 4.81. The zero-order valence-electron chi connectivity index (χ0n) is 12.9. The first-order valence-electron chi connectivity index (χ1n) is 7.65. The molecule has 0 unspecified atom stereocenters. The molecule has 0 aliphatic carbocycles. The van der Waals surface area contributed by atoms with Gasteiger partial charge in [-0.25, -0.2) is 0 Å². The number of hydrogen-bond acceptors (Lipinski definition) is 2. The molecule has 1 aliphatic heterocycles. The molecule has 1 N–H and O–H groups in total. The van der Waals surface area contributed by atoms with Gasteiger partial charge in [0.05, 0.1) is 5.41 Å². The van der Waals surface area contributed by atoms with Gasteiger partial charge in [-0.1, -0.05) is 31.5 Å². The van der Waals surface area contributed by atoms with E-state index in [1.165, 1.54) is 0 Å². The van der Waals surface area contributed by atoms with Crippen molar-refractivity contribution in [2.75, 3.05) is 25.0 Å². The van der Waals surface area contributed by atoms with Crippen molar-refractivity contribution < 1.29 is 4.79 Å². The van der Waals surface area contributed by atoms with Crippen LogP contribution in [0.4, 0.5) is 5.69 Å². The number of aryl methyl sites for hydroxylation is 1. The fourth-order valence-electron chi connectivity index (χ4n) is 3.36. The number of carbonyl (C=O) groups excluding carboxylic acids is 1. The summed E-state index contributed by atoms with van der Waals surface area (Å²) < 4.78 is 0. The normalized spacial score (nSPS) is 17.8. The van der Waals surface area contributed by atoms with Crippen LogP contribution in [0.2, 0.25) is 0 Å². The lowest BCUT2D eigenvalue weighted by molar-refractivity contribution is -0.130. The molecule has 20 heavy (non-hydrogen) atoms. The van der Waals surface area contributed by atoms with Gasteiger partial charge in [-0.2, -0.15) is 0 Å². The monoisotopic (exact) mass is 274 g/mol. The Morgan fingerprint density at radius 2 is 1.95 bits per heavy atom. The number of para-hydroxylation sites is 1. The van der Waals surface area contributed by atoms with Gasteiger partial charge in [-0.15, -0.1) is 0 Å². The van der Waals surface area contributed by atoms with Crippen LogP contribution < -0.4 is 10.2 Å². The van der Waals surface area contributed by atoms with Crippen molar-refractivity contribution in [3.05, 3.63) is 29.8 Å². The minimum absolute atomic E-state index is 0.170. The van der Waals surface area contributed by atoms with Crippen LogP contribution in [0.5, 0.6) is 0 Å². The molecule has 0 spiro atoms. The minimum Gasteiger partial charge on any atom is -0.317 e. The quantitative estimate of drug-likeness (QED) is 0.915. The molecule has 3 heteroatoms. The zero-order valence-corrected chi connectivity index (χ0v) is 12.9. The van der Waals surface area contributed by atoms with Crippen LogP contribution in [0.1, 0.15) is 38.2 Å². The van der Waals surface area contributed by atoms with Crippen molar-refractivity contribution in [1.29, 1.82) is 0 Å². The van der Waals surface area contributed by atoms with Crippen LogP contribution in [-0.4, -0.2) is 26.0 Å². The zero-order chi connectivity index (χ0) is 14.6. The fourth-order valence-corrected chi connectivity index (χ4v) is 3.36. The molecule has 1 saturated heterocycles. The Balaban J connectivity index is 2.25. The standard InChI is InChI=1S/C17H26N2O/c1-4-9-17(10-12-18-13-11-17)16(20)19(3)15-8-6-5-7-14(15)2/h5-8,18H,4,9-13H2,1-3H3. The summed E-state index contributed by atoms with van der Waals surface area (Å²) in [6, 6.07) is 8.12. The molecule has 0 radical (unpaired) electrons. The molecule has 1 aromatic rings. The maximum atomic E-state index is 13.1. The van der Waals surface area contributed by atoms with E-state index in [-0.39, 0.29) is 11.3 Å². The van der Waals surface area contributed by atoms with Gasteiger partial charge >= 0.3 is 0 Å². The van der Waals surface area contributed by atoms with E-state index in [1.807, 2.05) is 30.1 Å². The average Bonchev–Trinajstić information content (AvgIpc) is 2.47. The molecule has 1 aromatic carbocycles. The number of carbonyl (C=O) groups is 1. The molecule has 3 nitrogen and oxygen atoms in total. The Hall–Kier alpha value is -1.35. The van der Waals surface area contributed by atoms with Crippen molar-refractivity contribution in [1.82, 2.24) is 5.32 Å². The SMILES string of the molecule is CCCC1(C(=O)N(C)c2ccccc2C)CCNCC1. The molecule has 0 saturated carbocycles. The van der Waals surface area contributed by atoms with Gasteiger partial charge in [0.2, 0.25) is 5.91 Å². The molecular formula is C17H26N2O. The van der Waals surface area contributed by atoms with Crippen molar-refractivity contribution in [2.45, 2.75) is 39.5 Å². The molecule has 110 valence electrons. The number of benzene rings is 1. The van der Waals surface area contributed by atoms with Gasteiger partial charge in [-0.05, 0) is 50.9 Å². The van der Waals surface area contributed by atoms with Crippen LogP contribution in [0.3, 0.4) is 0 Å². The summed E-state index contributed by atoms with van der Waals surface area (Å²) in [6.07, 6.45) is 3.96. The highest BCUT2D eigenvalue weighted by atomic mass is 16.2. The Morgan fingerprint density at radius 1 is 1.30 bits per heavy atom. The number of piperidine rings is 1. The lowest BCUT2D eigenvalue weighted by atomic mass is 9.74. The Bertz CT molecular complexity index is 458. The van der Waals surface area contributed by atoms with Gasteiger partial charge in [-0.3, -0.25) is 4.79 Å². The first kappa shape index (κ1) is 15.0. The molecule has 0 bridgehead atoms. The molecule has 0 atom stereocenters. The second kappa shape index (κ2) is 6.40. The summed E-state index contributed by atoms with van der Waals surface area (Å²) in [4.78, 5) is 14.9. The third-order valence-corrected chi connectivity index (χ3v) is 4.52. The highest BCUT2D eigenvalue weighted by molar-refractivity contribution is 5.97. The van der Waals surface area contributed by atoms with E-state index in [9.17, 15) is 4.79 Å². The lowest BCUT2D eigenvalue weighted by Crippen LogP contribution is -2.48. The number of nitrogens with one attached hydrogen (secondary N) is 1. The molecule has 1 aliphatic rings.